The Balaban J connectivity index is 2.08. The fourth-order valence-corrected chi connectivity index (χ4v) is 4.13. The van der Waals surface area contributed by atoms with Crippen LogP contribution in [0.2, 0.25) is 0 Å². The van der Waals surface area contributed by atoms with Crippen LogP contribution >= 0.6 is 0 Å². The normalized spacial score (nSPS) is 11.7. The lowest BCUT2D eigenvalue weighted by Gasteiger charge is -2.18. The summed E-state index contributed by atoms with van der Waals surface area (Å²) in [6.07, 6.45) is 0.724. The van der Waals surface area contributed by atoms with E-state index in [0.29, 0.717) is 0 Å². The number of aryl methyl sites for hydroxylation is 2. The summed E-state index contributed by atoms with van der Waals surface area (Å²) in [5.41, 5.74) is 5.72. The number of nitrogens with zero attached hydrogens (tertiary/aromatic N) is 2. The molecular formula is C26H25N2+. The van der Waals surface area contributed by atoms with Crippen molar-refractivity contribution >= 4 is 21.7 Å². The van der Waals surface area contributed by atoms with Crippen molar-refractivity contribution < 1.29 is 4.57 Å². The Kier molecular flexibility index (Phi) is 4.40. The van der Waals surface area contributed by atoms with Gasteiger partial charge in [-0.25, -0.2) is 0 Å². The van der Waals surface area contributed by atoms with Crippen molar-refractivity contribution in [1.82, 2.24) is 0 Å². The van der Waals surface area contributed by atoms with Crippen LogP contribution < -0.4 is 4.57 Å². The largest absolute Gasteiger partial charge is 0.213 e. The lowest BCUT2D eigenvalue weighted by Crippen LogP contribution is -2.33. The monoisotopic (exact) mass is 365 g/mol. The highest BCUT2D eigenvalue weighted by molar-refractivity contribution is 5.97. The molecule has 0 saturated carbocycles. The van der Waals surface area contributed by atoms with Gasteiger partial charge in [0.2, 0.25) is 11.2 Å². The van der Waals surface area contributed by atoms with E-state index < -0.39 is 5.41 Å². The molecule has 0 fully saturated rings. The van der Waals surface area contributed by atoms with E-state index >= 15 is 0 Å². The van der Waals surface area contributed by atoms with Gasteiger partial charge in [-0.1, -0.05) is 48.5 Å². The van der Waals surface area contributed by atoms with Gasteiger partial charge in [-0.15, -0.1) is 0 Å². The van der Waals surface area contributed by atoms with Crippen molar-refractivity contribution in [2.24, 2.45) is 12.5 Å². The maximum absolute atomic E-state index is 9.60. The third kappa shape index (κ3) is 3.04. The van der Waals surface area contributed by atoms with Crippen LogP contribution in [0.3, 0.4) is 0 Å². The second kappa shape index (κ2) is 6.77. The van der Waals surface area contributed by atoms with Crippen LogP contribution in [-0.4, -0.2) is 0 Å². The van der Waals surface area contributed by atoms with Crippen LogP contribution in [0, 0.1) is 23.7 Å². The Labute approximate surface area is 166 Å². The van der Waals surface area contributed by atoms with E-state index in [1.54, 1.807) is 0 Å². The van der Waals surface area contributed by atoms with Crippen molar-refractivity contribution in [2.75, 3.05) is 0 Å². The highest BCUT2D eigenvalue weighted by Gasteiger charge is 2.25. The molecule has 1 aromatic heterocycles. The molecule has 2 nitrogen and oxygen atoms in total. The van der Waals surface area contributed by atoms with Gasteiger partial charge in [0.1, 0.15) is 7.05 Å². The molecule has 4 aromatic rings. The Morgan fingerprint density at radius 2 is 1.61 bits per heavy atom. The van der Waals surface area contributed by atoms with Crippen molar-refractivity contribution in [3.05, 3.63) is 77.9 Å². The predicted octanol–water partition coefficient (Wildman–Crippen LogP) is 5.89. The number of hydrogen-bond acceptors (Lipinski definition) is 1. The molecule has 0 radical (unpaired) electrons. The molecule has 0 N–H and O–H groups in total. The lowest BCUT2D eigenvalue weighted by atomic mass is 9.85. The van der Waals surface area contributed by atoms with Gasteiger partial charge in [-0.3, -0.25) is 0 Å². The summed E-state index contributed by atoms with van der Waals surface area (Å²) in [5.74, 6) is 0. The summed E-state index contributed by atoms with van der Waals surface area (Å²) in [6.45, 7) is 6.20. The van der Waals surface area contributed by atoms with Gasteiger partial charge in [0.25, 0.3) is 0 Å². The van der Waals surface area contributed by atoms with Crippen LogP contribution in [-0.2, 0) is 13.5 Å². The van der Waals surface area contributed by atoms with E-state index in [1.165, 1.54) is 44.1 Å². The first-order valence-corrected chi connectivity index (χ1v) is 9.72. The Bertz CT molecular complexity index is 1240. The molecule has 0 aliphatic rings. The second-order valence-electron chi connectivity index (χ2n) is 8.28. The third-order valence-corrected chi connectivity index (χ3v) is 5.61. The number of rotatable bonds is 3. The number of benzene rings is 3. The summed E-state index contributed by atoms with van der Waals surface area (Å²) in [7, 11) is 2.14. The minimum absolute atomic E-state index is 0.409. The predicted molar refractivity (Wildman–Crippen MR) is 116 cm³/mol. The van der Waals surface area contributed by atoms with Gasteiger partial charge < -0.3 is 0 Å². The van der Waals surface area contributed by atoms with Gasteiger partial charge in [-0.2, -0.15) is 9.83 Å². The molecule has 2 heteroatoms. The van der Waals surface area contributed by atoms with Crippen molar-refractivity contribution in [1.29, 1.82) is 5.26 Å². The third-order valence-electron chi connectivity index (χ3n) is 5.61. The van der Waals surface area contributed by atoms with Crippen LogP contribution in [0.1, 0.15) is 25.0 Å². The van der Waals surface area contributed by atoms with E-state index in [9.17, 15) is 5.26 Å². The molecular weight excluding hydrogens is 340 g/mol. The number of pyridine rings is 1. The number of fused-ring (bicyclic) bond motifs is 2. The number of aromatic nitrogens is 1. The first-order chi connectivity index (χ1) is 13.4. The first kappa shape index (κ1) is 18.2. The molecule has 0 unspecified atom stereocenters. The summed E-state index contributed by atoms with van der Waals surface area (Å²) in [4.78, 5) is 0. The Morgan fingerprint density at radius 3 is 2.36 bits per heavy atom. The van der Waals surface area contributed by atoms with Crippen LogP contribution in [0.25, 0.3) is 32.9 Å². The molecule has 0 amide bonds. The number of para-hydroxylation sites is 1. The quantitative estimate of drug-likeness (QED) is 0.416. The molecule has 3 aromatic carbocycles. The fourth-order valence-electron chi connectivity index (χ4n) is 4.13. The average Bonchev–Trinajstić information content (AvgIpc) is 2.70. The second-order valence-corrected chi connectivity index (χ2v) is 8.28. The summed E-state index contributed by atoms with van der Waals surface area (Å²) >= 11 is 0. The zero-order valence-corrected chi connectivity index (χ0v) is 17.0. The first-order valence-electron chi connectivity index (χ1n) is 9.72. The molecule has 138 valence electrons. The Morgan fingerprint density at radius 1 is 0.929 bits per heavy atom. The minimum atomic E-state index is -0.409. The zero-order valence-electron chi connectivity index (χ0n) is 17.0. The van der Waals surface area contributed by atoms with Crippen molar-refractivity contribution in [3.63, 3.8) is 0 Å². The Hall–Kier alpha value is -3.18. The molecule has 4 rings (SSSR count). The summed E-state index contributed by atoms with van der Waals surface area (Å²) in [6, 6.07) is 26.2. The van der Waals surface area contributed by atoms with Crippen molar-refractivity contribution in [2.45, 2.75) is 27.2 Å². The molecule has 0 aliphatic carbocycles. The van der Waals surface area contributed by atoms with Gasteiger partial charge in [0, 0.05) is 17.5 Å². The van der Waals surface area contributed by atoms with E-state index in [4.69, 9.17) is 0 Å². The van der Waals surface area contributed by atoms with Gasteiger partial charge in [0.05, 0.1) is 17.0 Å². The lowest BCUT2D eigenvalue weighted by molar-refractivity contribution is -0.633. The van der Waals surface area contributed by atoms with E-state index in [-0.39, 0.29) is 0 Å². The summed E-state index contributed by atoms with van der Waals surface area (Å²) in [5, 5.41) is 13.3. The topological polar surface area (TPSA) is 27.7 Å². The molecule has 0 saturated heterocycles. The molecule has 28 heavy (non-hydrogen) atoms. The van der Waals surface area contributed by atoms with Crippen LogP contribution in [0.15, 0.2) is 66.7 Å². The fraction of sp³-hybridized carbons (Fsp3) is 0.231. The number of nitriles is 1. The zero-order chi connectivity index (χ0) is 19.9. The van der Waals surface area contributed by atoms with Crippen molar-refractivity contribution in [3.8, 4) is 17.3 Å². The van der Waals surface area contributed by atoms with E-state index in [1.807, 2.05) is 13.8 Å². The molecule has 0 atom stereocenters. The number of hydrogen-bond donors (Lipinski definition) is 0. The molecule has 0 bridgehead atoms. The SMILES string of the molecule is Cc1ccc2ccccc2c1-c1cc(CC(C)(C)C#N)c2ccccc2[n+]1C. The standard InChI is InChI=1S/C26H25N2/c1-18-13-14-19-9-5-6-11-22(19)25(18)24-15-20(16-26(2,3)17-27)21-10-7-8-12-23(21)28(24)4/h5-15H,16H2,1-4H3/q+1. The van der Waals surface area contributed by atoms with Crippen LogP contribution in [0.4, 0.5) is 0 Å². The van der Waals surface area contributed by atoms with Crippen LogP contribution in [0.5, 0.6) is 0 Å². The van der Waals surface area contributed by atoms with Gasteiger partial charge in [-0.05, 0) is 55.2 Å². The highest BCUT2D eigenvalue weighted by Crippen LogP contribution is 2.34. The maximum atomic E-state index is 9.60. The van der Waals surface area contributed by atoms with E-state index in [0.717, 1.165) is 6.42 Å². The van der Waals surface area contributed by atoms with Gasteiger partial charge >= 0.3 is 0 Å². The molecule has 0 aliphatic heterocycles. The highest BCUT2D eigenvalue weighted by atomic mass is 14.9. The average molecular weight is 366 g/mol. The van der Waals surface area contributed by atoms with E-state index in [2.05, 4.69) is 91.3 Å². The minimum Gasteiger partial charge on any atom is -0.198 e. The maximum Gasteiger partial charge on any atom is 0.213 e. The van der Waals surface area contributed by atoms with Gasteiger partial charge in [0.15, 0.2) is 0 Å². The summed E-state index contributed by atoms with van der Waals surface area (Å²) < 4.78 is 2.28. The smallest absolute Gasteiger partial charge is 0.198 e. The molecule has 1 heterocycles. The molecule has 0 spiro atoms.